The van der Waals surface area contributed by atoms with Gasteiger partial charge in [-0.05, 0) is 11.6 Å². The van der Waals surface area contributed by atoms with Crippen molar-refractivity contribution in [3.8, 4) is 6.07 Å². The van der Waals surface area contributed by atoms with Gasteiger partial charge >= 0.3 is 0 Å². The van der Waals surface area contributed by atoms with Gasteiger partial charge in [-0.2, -0.15) is 5.26 Å². The van der Waals surface area contributed by atoms with Gasteiger partial charge in [-0.1, -0.05) is 18.2 Å². The van der Waals surface area contributed by atoms with E-state index in [0.717, 1.165) is 11.3 Å². The topological polar surface area (TPSA) is 64.4 Å². The van der Waals surface area contributed by atoms with Gasteiger partial charge in [-0.25, -0.2) is 0 Å². The largest absolute Gasteiger partial charge is 0.349 e. The number of hydrogen-bond acceptors (Lipinski definition) is 3. The van der Waals surface area contributed by atoms with E-state index in [4.69, 9.17) is 5.26 Å². The predicted octanol–water partition coefficient (Wildman–Crippen LogP) is 1.51. The number of para-hydroxylation sites is 1. The van der Waals surface area contributed by atoms with Gasteiger partial charge in [-0.15, -0.1) is 0 Å². The monoisotopic (exact) mass is 271 g/mol. The number of carbonyl (C=O) groups is 2. The Balaban J connectivity index is 2.29. The Kier molecular flexibility index (Phi) is 4.04. The molecule has 0 spiro atoms. The lowest BCUT2D eigenvalue weighted by molar-refractivity contribution is -0.131. The average molecular weight is 271 g/mol. The van der Waals surface area contributed by atoms with Crippen molar-refractivity contribution in [2.24, 2.45) is 0 Å². The Labute approximate surface area is 118 Å². The molecule has 1 atom stereocenters. The van der Waals surface area contributed by atoms with Crippen molar-refractivity contribution >= 4 is 17.5 Å². The van der Waals surface area contributed by atoms with E-state index in [1.807, 2.05) is 24.3 Å². The van der Waals surface area contributed by atoms with Crippen molar-refractivity contribution in [3.63, 3.8) is 0 Å². The van der Waals surface area contributed by atoms with Crippen LogP contribution < -0.4 is 4.90 Å². The number of nitrogens with zero attached hydrogens (tertiary/aromatic N) is 3. The smallest absolute Gasteiger partial charge is 0.235 e. The van der Waals surface area contributed by atoms with E-state index < -0.39 is 5.92 Å². The Morgan fingerprint density at radius 2 is 2.10 bits per heavy atom. The number of benzene rings is 1. The van der Waals surface area contributed by atoms with Crippen LogP contribution in [0.25, 0.3) is 0 Å². The quantitative estimate of drug-likeness (QED) is 0.833. The fraction of sp³-hybridized carbons (Fsp3) is 0.400. The standard InChI is InChI=1S/C15H17N3O2/c1-17(2)14(19)10-12-11-6-3-4-7-13(11)18(15(12)20)9-5-8-16/h3-4,6-7,12H,5,9-10H2,1-2H3. The minimum atomic E-state index is -0.431. The summed E-state index contributed by atoms with van der Waals surface area (Å²) >= 11 is 0. The molecule has 2 rings (SSSR count). The van der Waals surface area contributed by atoms with Crippen molar-refractivity contribution < 1.29 is 9.59 Å². The predicted molar refractivity (Wildman–Crippen MR) is 75.1 cm³/mol. The molecule has 2 amide bonds. The lowest BCUT2D eigenvalue weighted by atomic mass is 9.97. The second kappa shape index (κ2) is 5.74. The zero-order valence-corrected chi connectivity index (χ0v) is 11.7. The number of amides is 2. The molecule has 0 radical (unpaired) electrons. The molecule has 1 unspecified atom stereocenters. The lowest BCUT2D eigenvalue weighted by Gasteiger charge is -2.17. The number of hydrogen-bond donors (Lipinski definition) is 0. The molecule has 0 bridgehead atoms. The Morgan fingerprint density at radius 1 is 1.40 bits per heavy atom. The van der Waals surface area contributed by atoms with E-state index in [2.05, 4.69) is 6.07 Å². The molecule has 0 aliphatic carbocycles. The molecule has 1 aliphatic heterocycles. The third-order valence-electron chi connectivity index (χ3n) is 3.49. The fourth-order valence-corrected chi connectivity index (χ4v) is 2.41. The van der Waals surface area contributed by atoms with Crippen LogP contribution in [0.2, 0.25) is 0 Å². The van der Waals surface area contributed by atoms with Crippen LogP contribution in [0.3, 0.4) is 0 Å². The Hall–Kier alpha value is -2.35. The highest BCUT2D eigenvalue weighted by atomic mass is 16.2. The summed E-state index contributed by atoms with van der Waals surface area (Å²) in [7, 11) is 3.36. The normalized spacial score (nSPS) is 16.8. The van der Waals surface area contributed by atoms with Crippen molar-refractivity contribution in [1.82, 2.24) is 4.90 Å². The zero-order chi connectivity index (χ0) is 14.7. The first-order valence-corrected chi connectivity index (χ1v) is 6.53. The van der Waals surface area contributed by atoms with Crippen molar-refractivity contribution in [3.05, 3.63) is 29.8 Å². The Bertz CT molecular complexity index is 575. The van der Waals surface area contributed by atoms with E-state index in [1.54, 1.807) is 19.0 Å². The Morgan fingerprint density at radius 3 is 2.75 bits per heavy atom. The fourth-order valence-electron chi connectivity index (χ4n) is 2.41. The number of carbonyl (C=O) groups excluding carboxylic acids is 2. The van der Waals surface area contributed by atoms with Crippen LogP contribution in [-0.2, 0) is 9.59 Å². The lowest BCUT2D eigenvalue weighted by Crippen LogP contribution is -2.32. The molecular weight excluding hydrogens is 254 g/mol. The summed E-state index contributed by atoms with van der Waals surface area (Å²) in [6.07, 6.45) is 0.459. The minimum absolute atomic E-state index is 0.0692. The summed E-state index contributed by atoms with van der Waals surface area (Å²) in [6.45, 7) is 0.374. The highest BCUT2D eigenvalue weighted by Crippen LogP contribution is 2.39. The first-order valence-electron chi connectivity index (χ1n) is 6.53. The van der Waals surface area contributed by atoms with Crippen LogP contribution >= 0.6 is 0 Å². The van der Waals surface area contributed by atoms with E-state index in [1.165, 1.54) is 4.90 Å². The van der Waals surface area contributed by atoms with E-state index in [-0.39, 0.29) is 24.7 Å². The van der Waals surface area contributed by atoms with Crippen molar-refractivity contribution in [2.45, 2.75) is 18.8 Å². The molecule has 1 aromatic carbocycles. The van der Waals surface area contributed by atoms with Crippen LogP contribution in [0.5, 0.6) is 0 Å². The van der Waals surface area contributed by atoms with Crippen LogP contribution in [0.4, 0.5) is 5.69 Å². The molecule has 0 saturated heterocycles. The highest BCUT2D eigenvalue weighted by Gasteiger charge is 2.37. The molecule has 0 fully saturated rings. The third-order valence-corrected chi connectivity index (χ3v) is 3.49. The number of anilines is 1. The summed E-state index contributed by atoms with van der Waals surface area (Å²) in [5.41, 5.74) is 1.70. The zero-order valence-electron chi connectivity index (χ0n) is 11.7. The van der Waals surface area contributed by atoms with Crippen LogP contribution in [0.15, 0.2) is 24.3 Å². The third kappa shape index (κ3) is 2.50. The molecule has 20 heavy (non-hydrogen) atoms. The maximum atomic E-state index is 12.5. The maximum Gasteiger partial charge on any atom is 0.235 e. The first-order chi connectivity index (χ1) is 9.56. The van der Waals surface area contributed by atoms with E-state index >= 15 is 0 Å². The van der Waals surface area contributed by atoms with Gasteiger partial charge in [0.1, 0.15) is 0 Å². The molecule has 1 aliphatic rings. The molecule has 0 N–H and O–H groups in total. The van der Waals surface area contributed by atoms with Crippen LogP contribution in [0, 0.1) is 11.3 Å². The van der Waals surface area contributed by atoms with Crippen LogP contribution in [-0.4, -0.2) is 37.4 Å². The van der Waals surface area contributed by atoms with Gasteiger partial charge in [0.25, 0.3) is 0 Å². The van der Waals surface area contributed by atoms with Crippen molar-refractivity contribution in [2.75, 3.05) is 25.5 Å². The molecule has 1 heterocycles. The van der Waals surface area contributed by atoms with Gasteiger partial charge in [0.2, 0.25) is 11.8 Å². The molecule has 5 nitrogen and oxygen atoms in total. The van der Waals surface area contributed by atoms with Gasteiger partial charge in [-0.3, -0.25) is 9.59 Å². The number of fused-ring (bicyclic) bond motifs is 1. The summed E-state index contributed by atoms with van der Waals surface area (Å²) in [6, 6.07) is 9.53. The molecule has 0 aromatic heterocycles. The highest BCUT2D eigenvalue weighted by molar-refractivity contribution is 6.06. The SMILES string of the molecule is CN(C)C(=O)CC1C(=O)N(CCC#N)c2ccccc21. The first kappa shape index (κ1) is 14.1. The summed E-state index contributed by atoms with van der Waals surface area (Å²) < 4.78 is 0. The van der Waals surface area contributed by atoms with E-state index in [9.17, 15) is 9.59 Å². The van der Waals surface area contributed by atoms with Gasteiger partial charge < -0.3 is 9.80 Å². The van der Waals surface area contributed by atoms with Gasteiger partial charge in [0, 0.05) is 32.7 Å². The van der Waals surface area contributed by atoms with Crippen molar-refractivity contribution in [1.29, 1.82) is 5.26 Å². The number of nitriles is 1. The molecule has 104 valence electrons. The summed E-state index contributed by atoms with van der Waals surface area (Å²) in [5.74, 6) is -0.586. The number of rotatable bonds is 4. The second-order valence-corrected chi connectivity index (χ2v) is 5.00. The summed E-state index contributed by atoms with van der Waals surface area (Å²) in [4.78, 5) is 27.5. The van der Waals surface area contributed by atoms with E-state index in [0.29, 0.717) is 6.54 Å². The second-order valence-electron chi connectivity index (χ2n) is 5.00. The van der Waals surface area contributed by atoms with Crippen LogP contribution in [0.1, 0.15) is 24.3 Å². The average Bonchev–Trinajstić information content (AvgIpc) is 2.69. The van der Waals surface area contributed by atoms with Gasteiger partial charge in [0.15, 0.2) is 0 Å². The maximum absolute atomic E-state index is 12.5. The molecule has 5 heteroatoms. The molecule has 1 aromatic rings. The van der Waals surface area contributed by atoms with Gasteiger partial charge in [0.05, 0.1) is 18.4 Å². The summed E-state index contributed by atoms with van der Waals surface area (Å²) in [5, 5.41) is 8.70. The molecule has 0 saturated carbocycles. The minimum Gasteiger partial charge on any atom is -0.349 e. The molecular formula is C15H17N3O2.